The van der Waals surface area contributed by atoms with Gasteiger partial charge in [-0.3, -0.25) is 24.0 Å². The summed E-state index contributed by atoms with van der Waals surface area (Å²) in [5, 5.41) is 25.7. The Bertz CT molecular complexity index is 1790. The van der Waals surface area contributed by atoms with Crippen LogP contribution >= 0.6 is 11.8 Å². The van der Waals surface area contributed by atoms with Crippen LogP contribution in [0.5, 0.6) is 5.75 Å². The SMILES string of the molecule is COc1ccc(C[C@@H]2NC(=O)[C@@H](CC3CC=CS3)NC(=O)CCC(=O)Nc3ccc(cc3)C[C@@H](C(=O)O)NC(=O)[C@@H](Cc3ccccc3)NC2=O)cc1. The summed E-state index contributed by atoms with van der Waals surface area (Å²) in [6, 6.07) is 17.6. The summed E-state index contributed by atoms with van der Waals surface area (Å²) in [6.45, 7) is 0. The van der Waals surface area contributed by atoms with Crippen LogP contribution in [0.4, 0.5) is 5.69 Å². The number of hydrogen-bond donors (Lipinski definition) is 6. The molecular weight excluding hydrogens is 699 g/mol. The van der Waals surface area contributed by atoms with Crippen LogP contribution < -0.4 is 31.3 Å². The average Bonchev–Trinajstić information content (AvgIpc) is 3.67. The predicted molar refractivity (Wildman–Crippen MR) is 200 cm³/mol. The summed E-state index contributed by atoms with van der Waals surface area (Å²) in [7, 11) is 1.53. The number of hydrogen-bond acceptors (Lipinski definition) is 8. The Morgan fingerprint density at radius 2 is 1.34 bits per heavy atom. The Balaban J connectivity index is 1.49. The van der Waals surface area contributed by atoms with Crippen molar-refractivity contribution in [3.05, 3.63) is 107 Å². The Labute approximate surface area is 311 Å². The highest BCUT2D eigenvalue weighted by Crippen LogP contribution is 2.28. The van der Waals surface area contributed by atoms with Crippen molar-refractivity contribution in [1.29, 1.82) is 0 Å². The quantitative estimate of drug-likeness (QED) is 0.189. The molecule has 13 nitrogen and oxygen atoms in total. The second kappa shape index (κ2) is 18.7. The number of allylic oxidation sites excluding steroid dienone is 1. The fraction of sp³-hybridized carbons (Fsp3) is 0.333. The number of ether oxygens (including phenoxy) is 1. The number of carbonyl (C=O) groups excluding carboxylic acids is 5. The highest BCUT2D eigenvalue weighted by Gasteiger charge is 2.33. The van der Waals surface area contributed by atoms with Gasteiger partial charge in [0.1, 0.15) is 29.9 Å². The van der Waals surface area contributed by atoms with Gasteiger partial charge in [0.05, 0.1) is 7.11 Å². The maximum absolute atomic E-state index is 14.2. The number of rotatable bonds is 8. The van der Waals surface area contributed by atoms with Gasteiger partial charge in [-0.15, -0.1) is 11.8 Å². The zero-order chi connectivity index (χ0) is 37.7. The summed E-state index contributed by atoms with van der Waals surface area (Å²) in [5.74, 6) is -3.63. The van der Waals surface area contributed by atoms with E-state index in [1.165, 1.54) is 18.9 Å². The Kier molecular flexibility index (Phi) is 13.6. The number of nitrogens with one attached hydrogen (secondary N) is 5. The van der Waals surface area contributed by atoms with Gasteiger partial charge in [-0.1, -0.05) is 60.7 Å². The zero-order valence-corrected chi connectivity index (χ0v) is 30.0. The zero-order valence-electron chi connectivity index (χ0n) is 29.2. The lowest BCUT2D eigenvalue weighted by Gasteiger charge is -2.27. The van der Waals surface area contributed by atoms with Crippen molar-refractivity contribution in [1.82, 2.24) is 21.3 Å². The van der Waals surface area contributed by atoms with Crippen molar-refractivity contribution in [2.75, 3.05) is 12.4 Å². The molecule has 0 saturated heterocycles. The Morgan fingerprint density at radius 3 is 1.94 bits per heavy atom. The molecule has 278 valence electrons. The first-order chi connectivity index (χ1) is 25.6. The van der Waals surface area contributed by atoms with Gasteiger partial charge in [-0.25, -0.2) is 4.79 Å². The van der Waals surface area contributed by atoms with E-state index in [4.69, 9.17) is 4.74 Å². The molecule has 6 rings (SSSR count). The van der Waals surface area contributed by atoms with Gasteiger partial charge in [0.15, 0.2) is 0 Å². The molecule has 1 unspecified atom stereocenters. The van der Waals surface area contributed by atoms with E-state index in [9.17, 15) is 33.9 Å². The molecule has 14 heteroatoms. The van der Waals surface area contributed by atoms with Crippen LogP contribution in [0, 0.1) is 0 Å². The van der Waals surface area contributed by atoms with E-state index in [1.54, 1.807) is 72.8 Å². The molecule has 5 atom stereocenters. The molecule has 3 aromatic carbocycles. The van der Waals surface area contributed by atoms with E-state index in [-0.39, 0.29) is 43.8 Å². The third kappa shape index (κ3) is 11.7. The summed E-state index contributed by atoms with van der Waals surface area (Å²) >= 11 is 1.54. The molecule has 0 fully saturated rings. The Morgan fingerprint density at radius 1 is 0.736 bits per heavy atom. The van der Waals surface area contributed by atoms with Crippen LogP contribution in [-0.4, -0.2) is 77.1 Å². The molecule has 53 heavy (non-hydrogen) atoms. The van der Waals surface area contributed by atoms with Crippen molar-refractivity contribution in [3.63, 3.8) is 0 Å². The number of amides is 5. The van der Waals surface area contributed by atoms with E-state index in [0.29, 0.717) is 34.5 Å². The largest absolute Gasteiger partial charge is 0.497 e. The van der Waals surface area contributed by atoms with E-state index in [1.807, 2.05) is 17.6 Å². The second-order valence-corrected chi connectivity index (χ2v) is 14.1. The Hall–Kier alpha value is -5.63. The summed E-state index contributed by atoms with van der Waals surface area (Å²) in [5.41, 5.74) is 2.41. The standard InChI is InChI=1S/C39H43N5O8S/c1-52-28-15-11-26(12-16-28)21-31-36(47)42-30(20-24-6-3-2-4-7-24)37(48)44-33(39(50)51)22-25-9-13-27(14-10-25)40-34(45)17-18-35(46)41-32(38(49)43-31)23-29-8-5-19-53-29/h2-7,9-16,19,29-33H,8,17-18,20-23H2,1H3,(H,40,45)(H,41,46)(H,42,47)(H,43,49)(H,44,48)(H,50,51)/t29?,30-,31+,32-,33+/m1/s1. The van der Waals surface area contributed by atoms with Gasteiger partial charge >= 0.3 is 5.97 Å². The number of methoxy groups -OCH3 is 1. The van der Waals surface area contributed by atoms with E-state index in [0.717, 1.165) is 0 Å². The van der Waals surface area contributed by atoms with Crippen molar-refractivity contribution in [2.24, 2.45) is 0 Å². The number of carboxylic acid groups (broad SMARTS) is 1. The highest BCUT2D eigenvalue weighted by atomic mass is 32.2. The minimum atomic E-state index is -1.34. The lowest BCUT2D eigenvalue weighted by Crippen LogP contribution is -2.59. The van der Waals surface area contributed by atoms with Crippen molar-refractivity contribution < 1.29 is 38.6 Å². The lowest BCUT2D eigenvalue weighted by atomic mass is 10.0. The molecule has 0 radical (unpaired) electrons. The van der Waals surface area contributed by atoms with Crippen LogP contribution in [0.25, 0.3) is 0 Å². The summed E-state index contributed by atoms with van der Waals surface area (Å²) in [4.78, 5) is 80.3. The molecular formula is C39H43N5O8S. The molecule has 3 aliphatic rings. The monoisotopic (exact) mass is 741 g/mol. The molecule has 3 aromatic rings. The highest BCUT2D eigenvalue weighted by molar-refractivity contribution is 8.03. The van der Waals surface area contributed by atoms with E-state index >= 15 is 0 Å². The van der Waals surface area contributed by atoms with Gasteiger partial charge in [0.25, 0.3) is 0 Å². The van der Waals surface area contributed by atoms with Gasteiger partial charge in [0.2, 0.25) is 29.5 Å². The van der Waals surface area contributed by atoms with Crippen LogP contribution in [0.1, 0.15) is 42.4 Å². The lowest BCUT2D eigenvalue weighted by molar-refractivity contribution is -0.142. The number of benzene rings is 3. The van der Waals surface area contributed by atoms with Crippen LogP contribution in [0.2, 0.25) is 0 Å². The fourth-order valence-corrected chi connectivity index (χ4v) is 7.01. The average molecular weight is 742 g/mol. The van der Waals surface area contributed by atoms with E-state index in [2.05, 4.69) is 26.6 Å². The molecule has 5 amide bonds. The predicted octanol–water partition coefficient (Wildman–Crippen LogP) is 2.89. The molecule has 3 aliphatic heterocycles. The normalized spacial score (nSPS) is 23.1. The number of aliphatic carboxylic acids is 1. The first kappa shape index (κ1) is 38.6. The van der Waals surface area contributed by atoms with Gasteiger partial charge in [-0.2, -0.15) is 0 Å². The third-order valence-corrected chi connectivity index (χ3v) is 10.1. The first-order valence-corrected chi connectivity index (χ1v) is 18.3. The first-order valence-electron chi connectivity index (χ1n) is 17.4. The molecule has 2 bridgehead atoms. The topological polar surface area (TPSA) is 192 Å². The molecule has 0 aliphatic carbocycles. The molecule has 0 aromatic heterocycles. The van der Waals surface area contributed by atoms with Gasteiger partial charge in [0, 0.05) is 43.0 Å². The van der Waals surface area contributed by atoms with Crippen LogP contribution in [0.3, 0.4) is 0 Å². The number of thioether (sulfide) groups is 1. The van der Waals surface area contributed by atoms with E-state index < -0.39 is 59.7 Å². The van der Waals surface area contributed by atoms with Gasteiger partial charge in [-0.05, 0) is 59.2 Å². The number of anilines is 1. The van der Waals surface area contributed by atoms with Crippen molar-refractivity contribution >= 4 is 53.0 Å². The minimum Gasteiger partial charge on any atom is -0.497 e. The van der Waals surface area contributed by atoms with Crippen LogP contribution in [-0.2, 0) is 48.0 Å². The number of carboxylic acids is 1. The molecule has 0 saturated carbocycles. The summed E-state index contributed by atoms with van der Waals surface area (Å²) < 4.78 is 5.27. The maximum Gasteiger partial charge on any atom is 0.326 e. The summed E-state index contributed by atoms with van der Waals surface area (Å²) in [6.07, 6.45) is 2.58. The fourth-order valence-electron chi connectivity index (χ4n) is 6.04. The second-order valence-electron chi connectivity index (χ2n) is 12.9. The molecule has 0 spiro atoms. The number of fused-ring (bicyclic) bond motifs is 18. The van der Waals surface area contributed by atoms with Crippen LogP contribution in [0.15, 0.2) is 90.3 Å². The third-order valence-electron chi connectivity index (χ3n) is 8.94. The van der Waals surface area contributed by atoms with Gasteiger partial charge < -0.3 is 36.4 Å². The molecule has 3 heterocycles. The smallest absolute Gasteiger partial charge is 0.326 e. The number of carbonyl (C=O) groups is 6. The van der Waals surface area contributed by atoms with Crippen molar-refractivity contribution in [3.8, 4) is 5.75 Å². The van der Waals surface area contributed by atoms with Crippen molar-refractivity contribution in [2.45, 2.75) is 74.4 Å². The maximum atomic E-state index is 14.2. The minimum absolute atomic E-state index is 0.00166. The molecule has 6 N–H and O–H groups in total.